The summed E-state index contributed by atoms with van der Waals surface area (Å²) >= 11 is 0. The van der Waals surface area contributed by atoms with Gasteiger partial charge < -0.3 is 20.1 Å². The Labute approximate surface area is 109 Å². The number of benzene rings is 1. The molecule has 1 saturated heterocycles. The van der Waals surface area contributed by atoms with Gasteiger partial charge in [-0.3, -0.25) is 0 Å². The number of ether oxygens (including phenoxy) is 2. The third-order valence-corrected chi connectivity index (χ3v) is 3.21. The Kier molecular flexibility index (Phi) is 4.31. The average molecular weight is 250 g/mol. The van der Waals surface area contributed by atoms with E-state index in [0.717, 1.165) is 30.9 Å². The van der Waals surface area contributed by atoms with Crippen LogP contribution in [0, 0.1) is 0 Å². The van der Waals surface area contributed by atoms with Gasteiger partial charge in [0.25, 0.3) is 0 Å². The van der Waals surface area contributed by atoms with E-state index >= 15 is 0 Å². The number of hydrogen-bond donors (Lipinski definition) is 1. The standard InChI is InChI=1S/C14H22N2O2/c1-16(2)11-6-7-13(15)14(9-11)18-10-12-5-3-4-8-17-12/h6-7,9,12H,3-5,8,10,15H2,1-2H3. The van der Waals surface area contributed by atoms with Crippen LogP contribution in [0.3, 0.4) is 0 Å². The van der Waals surface area contributed by atoms with E-state index in [9.17, 15) is 0 Å². The van der Waals surface area contributed by atoms with E-state index in [-0.39, 0.29) is 6.10 Å². The van der Waals surface area contributed by atoms with Crippen LogP contribution >= 0.6 is 0 Å². The Hall–Kier alpha value is -1.42. The molecular formula is C14H22N2O2. The highest BCUT2D eigenvalue weighted by atomic mass is 16.5. The minimum absolute atomic E-state index is 0.209. The highest BCUT2D eigenvalue weighted by Gasteiger charge is 2.15. The summed E-state index contributed by atoms with van der Waals surface area (Å²) in [6, 6.07) is 5.84. The fourth-order valence-corrected chi connectivity index (χ4v) is 2.05. The van der Waals surface area contributed by atoms with Crippen LogP contribution in [-0.2, 0) is 4.74 Å². The van der Waals surface area contributed by atoms with Gasteiger partial charge in [-0.1, -0.05) is 0 Å². The van der Waals surface area contributed by atoms with E-state index in [4.69, 9.17) is 15.2 Å². The molecule has 2 N–H and O–H groups in total. The van der Waals surface area contributed by atoms with Crippen LogP contribution in [0.25, 0.3) is 0 Å². The van der Waals surface area contributed by atoms with Crippen molar-refractivity contribution in [3.63, 3.8) is 0 Å². The molecule has 1 aromatic carbocycles. The van der Waals surface area contributed by atoms with E-state index in [1.54, 1.807) is 0 Å². The number of anilines is 2. The van der Waals surface area contributed by atoms with Crippen molar-refractivity contribution in [2.24, 2.45) is 0 Å². The first-order chi connectivity index (χ1) is 8.66. The zero-order valence-electron chi connectivity index (χ0n) is 11.2. The molecular weight excluding hydrogens is 228 g/mol. The van der Waals surface area contributed by atoms with Gasteiger partial charge in [0.05, 0.1) is 11.8 Å². The quantitative estimate of drug-likeness (QED) is 0.833. The smallest absolute Gasteiger partial charge is 0.144 e. The van der Waals surface area contributed by atoms with Gasteiger partial charge in [0.15, 0.2) is 0 Å². The van der Waals surface area contributed by atoms with Crippen LogP contribution in [0.5, 0.6) is 5.75 Å². The molecule has 0 spiro atoms. The first-order valence-electron chi connectivity index (χ1n) is 6.48. The summed E-state index contributed by atoms with van der Waals surface area (Å²) in [6.45, 7) is 1.43. The molecule has 1 fully saturated rings. The number of nitrogens with two attached hydrogens (primary N) is 1. The average Bonchev–Trinajstić information content (AvgIpc) is 2.38. The van der Waals surface area contributed by atoms with E-state index in [0.29, 0.717) is 12.3 Å². The molecule has 1 atom stereocenters. The molecule has 18 heavy (non-hydrogen) atoms. The summed E-state index contributed by atoms with van der Waals surface area (Å²) in [4.78, 5) is 2.03. The van der Waals surface area contributed by atoms with Gasteiger partial charge in [-0.05, 0) is 31.4 Å². The molecule has 4 nitrogen and oxygen atoms in total. The van der Waals surface area contributed by atoms with Crippen molar-refractivity contribution >= 4 is 11.4 Å². The summed E-state index contributed by atoms with van der Waals surface area (Å²) in [5, 5.41) is 0. The SMILES string of the molecule is CN(C)c1ccc(N)c(OCC2CCCCO2)c1. The van der Waals surface area contributed by atoms with Crippen LogP contribution in [0.4, 0.5) is 11.4 Å². The van der Waals surface area contributed by atoms with E-state index in [1.165, 1.54) is 6.42 Å². The van der Waals surface area contributed by atoms with Gasteiger partial charge in [-0.2, -0.15) is 0 Å². The van der Waals surface area contributed by atoms with Gasteiger partial charge in [0, 0.05) is 32.5 Å². The van der Waals surface area contributed by atoms with Crippen molar-refractivity contribution in [1.82, 2.24) is 0 Å². The maximum atomic E-state index is 5.92. The molecule has 0 saturated carbocycles. The molecule has 1 unspecified atom stereocenters. The van der Waals surface area contributed by atoms with Crippen molar-refractivity contribution in [3.05, 3.63) is 18.2 Å². The van der Waals surface area contributed by atoms with E-state index in [1.807, 2.05) is 37.2 Å². The van der Waals surface area contributed by atoms with Crippen molar-refractivity contribution in [2.45, 2.75) is 25.4 Å². The van der Waals surface area contributed by atoms with Crippen molar-refractivity contribution < 1.29 is 9.47 Å². The number of nitrogen functional groups attached to an aromatic ring is 1. The fraction of sp³-hybridized carbons (Fsp3) is 0.571. The van der Waals surface area contributed by atoms with Gasteiger partial charge in [-0.15, -0.1) is 0 Å². The Bertz CT molecular complexity index is 387. The zero-order valence-corrected chi connectivity index (χ0v) is 11.2. The summed E-state index contributed by atoms with van der Waals surface area (Å²) in [5.74, 6) is 0.746. The van der Waals surface area contributed by atoms with E-state index < -0.39 is 0 Å². The van der Waals surface area contributed by atoms with Crippen LogP contribution in [0.2, 0.25) is 0 Å². The second kappa shape index (κ2) is 5.96. The first kappa shape index (κ1) is 13.0. The lowest BCUT2D eigenvalue weighted by Gasteiger charge is -2.23. The molecule has 0 bridgehead atoms. The molecule has 0 aromatic heterocycles. The first-order valence-corrected chi connectivity index (χ1v) is 6.48. The van der Waals surface area contributed by atoms with Crippen LogP contribution < -0.4 is 15.4 Å². The third kappa shape index (κ3) is 3.29. The monoisotopic (exact) mass is 250 g/mol. The molecule has 100 valence electrons. The van der Waals surface area contributed by atoms with Crippen molar-refractivity contribution in [3.8, 4) is 5.75 Å². The lowest BCUT2D eigenvalue weighted by Crippen LogP contribution is -2.26. The van der Waals surface area contributed by atoms with Gasteiger partial charge in [0.1, 0.15) is 12.4 Å². The maximum Gasteiger partial charge on any atom is 0.144 e. The number of hydrogen-bond acceptors (Lipinski definition) is 4. The molecule has 1 aliphatic rings. The van der Waals surface area contributed by atoms with Crippen LogP contribution in [0.15, 0.2) is 18.2 Å². The second-order valence-corrected chi connectivity index (χ2v) is 4.92. The lowest BCUT2D eigenvalue weighted by molar-refractivity contribution is -0.0109. The second-order valence-electron chi connectivity index (χ2n) is 4.92. The van der Waals surface area contributed by atoms with Gasteiger partial charge in [0.2, 0.25) is 0 Å². The normalized spacial score (nSPS) is 19.6. The Morgan fingerprint density at radius 1 is 1.39 bits per heavy atom. The van der Waals surface area contributed by atoms with Crippen molar-refractivity contribution in [2.75, 3.05) is 37.9 Å². The lowest BCUT2D eigenvalue weighted by atomic mass is 10.1. The van der Waals surface area contributed by atoms with Crippen molar-refractivity contribution in [1.29, 1.82) is 0 Å². The molecule has 2 rings (SSSR count). The third-order valence-electron chi connectivity index (χ3n) is 3.21. The highest BCUT2D eigenvalue weighted by molar-refractivity contribution is 5.61. The Morgan fingerprint density at radius 3 is 2.89 bits per heavy atom. The summed E-state index contributed by atoms with van der Waals surface area (Å²) in [6.07, 6.45) is 3.67. The van der Waals surface area contributed by atoms with Crippen LogP contribution in [-0.4, -0.2) is 33.4 Å². The molecule has 1 aromatic rings. The maximum absolute atomic E-state index is 5.92. The zero-order chi connectivity index (χ0) is 13.0. The van der Waals surface area contributed by atoms with Gasteiger partial charge in [-0.25, -0.2) is 0 Å². The Morgan fingerprint density at radius 2 is 2.22 bits per heavy atom. The number of nitrogens with zero attached hydrogens (tertiary/aromatic N) is 1. The molecule has 0 amide bonds. The molecule has 1 aliphatic heterocycles. The molecule has 0 aliphatic carbocycles. The van der Waals surface area contributed by atoms with Gasteiger partial charge >= 0.3 is 0 Å². The van der Waals surface area contributed by atoms with E-state index in [2.05, 4.69) is 0 Å². The Balaban J connectivity index is 1.97. The summed E-state index contributed by atoms with van der Waals surface area (Å²) < 4.78 is 11.4. The highest BCUT2D eigenvalue weighted by Crippen LogP contribution is 2.27. The topological polar surface area (TPSA) is 47.7 Å². The largest absolute Gasteiger partial charge is 0.489 e. The molecule has 4 heteroatoms. The molecule has 0 radical (unpaired) electrons. The minimum Gasteiger partial charge on any atom is -0.489 e. The summed E-state index contributed by atoms with van der Waals surface area (Å²) in [7, 11) is 4.00. The predicted molar refractivity (Wildman–Crippen MR) is 74.3 cm³/mol. The molecule has 1 heterocycles. The number of rotatable bonds is 4. The fourth-order valence-electron chi connectivity index (χ4n) is 2.05. The summed E-state index contributed by atoms with van der Waals surface area (Å²) in [5.41, 5.74) is 7.68. The predicted octanol–water partition coefficient (Wildman–Crippen LogP) is 2.28. The van der Waals surface area contributed by atoms with Crippen LogP contribution in [0.1, 0.15) is 19.3 Å². The minimum atomic E-state index is 0.209.